The van der Waals surface area contributed by atoms with Gasteiger partial charge in [0.15, 0.2) is 0 Å². The van der Waals surface area contributed by atoms with Crippen LogP contribution in [0.25, 0.3) is 10.9 Å². The number of aromatic nitrogens is 6. The van der Waals surface area contributed by atoms with E-state index in [1.165, 1.54) is 0 Å². The van der Waals surface area contributed by atoms with E-state index in [-0.39, 0.29) is 0 Å². The number of benzene rings is 1. The number of hydrogen-bond acceptors (Lipinski definition) is 5. The largest absolute Gasteiger partial charge is 0.198 e. The van der Waals surface area contributed by atoms with Crippen molar-refractivity contribution in [3.05, 3.63) is 42.9 Å². The van der Waals surface area contributed by atoms with Crippen LogP contribution < -0.4 is 0 Å². The molecule has 0 bridgehead atoms. The summed E-state index contributed by atoms with van der Waals surface area (Å²) < 4.78 is 0. The molecule has 2 heterocycles. The third kappa shape index (κ3) is 2.53. The fourth-order valence-corrected chi connectivity index (χ4v) is 1.02. The maximum Gasteiger partial charge on any atom is 0.0963 e. The number of H-pyrrole nitrogens is 1. The van der Waals surface area contributed by atoms with Gasteiger partial charge in [-0.2, -0.15) is 15.4 Å². The van der Waals surface area contributed by atoms with Gasteiger partial charge in [-0.3, -0.25) is 0 Å². The Kier molecular flexibility index (Phi) is 2.91. The maximum absolute atomic E-state index is 3.82. The highest BCUT2D eigenvalue weighted by Crippen LogP contribution is 2.05. The van der Waals surface area contributed by atoms with Gasteiger partial charge in [-0.25, -0.2) is 0 Å². The smallest absolute Gasteiger partial charge is 0.0963 e. The lowest BCUT2D eigenvalue weighted by atomic mass is 10.2. The van der Waals surface area contributed by atoms with Gasteiger partial charge in [0.25, 0.3) is 0 Å². The monoisotopic (exact) mass is 200 g/mol. The van der Waals surface area contributed by atoms with Gasteiger partial charge in [-0.05, 0) is 11.3 Å². The van der Waals surface area contributed by atoms with Crippen molar-refractivity contribution in [3.63, 3.8) is 0 Å². The van der Waals surface area contributed by atoms with Crippen LogP contribution in [0.15, 0.2) is 42.9 Å². The summed E-state index contributed by atoms with van der Waals surface area (Å²) >= 11 is 0. The fourth-order valence-electron chi connectivity index (χ4n) is 1.02. The molecule has 74 valence electrons. The molecular formula is C9H8N6. The minimum atomic E-state index is 0.887. The first kappa shape index (κ1) is 9.20. The van der Waals surface area contributed by atoms with Crippen LogP contribution in [0.1, 0.15) is 0 Å². The summed E-state index contributed by atoms with van der Waals surface area (Å²) in [4.78, 5) is 0. The Labute approximate surface area is 85.4 Å². The van der Waals surface area contributed by atoms with E-state index >= 15 is 0 Å². The lowest BCUT2D eigenvalue weighted by Crippen LogP contribution is -1.85. The summed E-state index contributed by atoms with van der Waals surface area (Å²) in [6.07, 6.45) is 4.86. The molecule has 0 fully saturated rings. The van der Waals surface area contributed by atoms with E-state index in [2.05, 4.69) is 30.8 Å². The Morgan fingerprint density at radius 2 is 1.80 bits per heavy atom. The molecule has 0 radical (unpaired) electrons. The average molecular weight is 200 g/mol. The van der Waals surface area contributed by atoms with Crippen molar-refractivity contribution in [2.24, 2.45) is 0 Å². The van der Waals surface area contributed by atoms with Crippen molar-refractivity contribution < 1.29 is 0 Å². The number of fused-ring (bicyclic) bond motifs is 1. The van der Waals surface area contributed by atoms with E-state index in [1.54, 1.807) is 18.6 Å². The van der Waals surface area contributed by atoms with Crippen LogP contribution in [0.4, 0.5) is 0 Å². The fraction of sp³-hybridized carbons (Fsp3) is 0. The first-order valence-corrected chi connectivity index (χ1v) is 4.29. The molecule has 0 spiro atoms. The first-order chi connectivity index (χ1) is 7.47. The highest BCUT2D eigenvalue weighted by atomic mass is 15.3. The summed E-state index contributed by atoms with van der Waals surface area (Å²) in [6, 6.07) is 7.74. The number of aromatic amines is 1. The molecule has 0 atom stereocenters. The quantitative estimate of drug-likeness (QED) is 0.581. The Balaban J connectivity index is 0.000000144. The number of hydrogen-bond donors (Lipinski definition) is 1. The summed E-state index contributed by atoms with van der Waals surface area (Å²) in [7, 11) is 0. The Bertz CT molecular complexity index is 424. The zero-order valence-corrected chi connectivity index (χ0v) is 7.78. The second-order valence-corrected chi connectivity index (χ2v) is 2.65. The van der Waals surface area contributed by atoms with Gasteiger partial charge in [0.2, 0.25) is 0 Å². The van der Waals surface area contributed by atoms with Gasteiger partial charge < -0.3 is 0 Å². The van der Waals surface area contributed by atoms with Crippen molar-refractivity contribution in [1.82, 2.24) is 30.8 Å². The minimum Gasteiger partial charge on any atom is -0.198 e. The van der Waals surface area contributed by atoms with Gasteiger partial charge in [0.05, 0.1) is 24.1 Å². The number of rotatable bonds is 0. The van der Waals surface area contributed by atoms with Crippen molar-refractivity contribution >= 4 is 10.9 Å². The molecule has 1 N–H and O–H groups in total. The van der Waals surface area contributed by atoms with Gasteiger partial charge in [-0.1, -0.05) is 18.2 Å². The normalized spacial score (nSPS) is 9.33. The molecule has 15 heavy (non-hydrogen) atoms. The predicted octanol–water partition coefficient (Wildman–Crippen LogP) is 0.829. The standard InChI is InChI=1S/C7H5N3.C2H3N3/c1-2-4-7-6(3-1)5-8-10-9-7;1-2-4-5-3-1/h1-5H;1-2H,(H,3,4,5). The van der Waals surface area contributed by atoms with Crippen LogP contribution in [0, 0.1) is 0 Å². The van der Waals surface area contributed by atoms with Crippen LogP contribution in [0.5, 0.6) is 0 Å². The van der Waals surface area contributed by atoms with Crippen LogP contribution in [0.2, 0.25) is 0 Å². The molecule has 1 aromatic carbocycles. The molecule has 0 aliphatic heterocycles. The third-order valence-corrected chi connectivity index (χ3v) is 1.67. The maximum atomic E-state index is 3.82. The highest BCUT2D eigenvalue weighted by molar-refractivity contribution is 5.76. The Morgan fingerprint density at radius 1 is 1.00 bits per heavy atom. The summed E-state index contributed by atoms with van der Waals surface area (Å²) in [5, 5.41) is 21.3. The summed E-state index contributed by atoms with van der Waals surface area (Å²) in [6.45, 7) is 0. The molecule has 2 aromatic heterocycles. The average Bonchev–Trinajstić information content (AvgIpc) is 2.88. The number of nitrogens with one attached hydrogen (secondary N) is 1. The topological polar surface area (TPSA) is 80.2 Å². The van der Waals surface area contributed by atoms with Crippen molar-refractivity contribution in [1.29, 1.82) is 0 Å². The molecule has 6 heteroatoms. The van der Waals surface area contributed by atoms with Crippen LogP contribution in [0.3, 0.4) is 0 Å². The zero-order chi connectivity index (χ0) is 10.3. The number of nitrogens with zero attached hydrogens (tertiary/aromatic N) is 5. The molecular weight excluding hydrogens is 192 g/mol. The van der Waals surface area contributed by atoms with Gasteiger partial charge in [-0.15, -0.1) is 10.2 Å². The van der Waals surface area contributed by atoms with Crippen molar-refractivity contribution in [3.8, 4) is 0 Å². The van der Waals surface area contributed by atoms with Crippen LogP contribution in [-0.2, 0) is 0 Å². The SMILES string of the molecule is c1ccc2nnncc2c1.c1cn[nH]n1. The van der Waals surface area contributed by atoms with Crippen molar-refractivity contribution in [2.45, 2.75) is 0 Å². The first-order valence-electron chi connectivity index (χ1n) is 4.29. The van der Waals surface area contributed by atoms with E-state index in [0.29, 0.717) is 0 Å². The molecule has 6 nitrogen and oxygen atoms in total. The Morgan fingerprint density at radius 3 is 2.47 bits per heavy atom. The molecule has 3 rings (SSSR count). The molecule has 0 saturated heterocycles. The van der Waals surface area contributed by atoms with Crippen LogP contribution in [-0.4, -0.2) is 30.8 Å². The van der Waals surface area contributed by atoms with E-state index in [4.69, 9.17) is 0 Å². The molecule has 0 aliphatic carbocycles. The van der Waals surface area contributed by atoms with Gasteiger partial charge in [0.1, 0.15) is 0 Å². The second kappa shape index (κ2) is 4.75. The lowest BCUT2D eigenvalue weighted by molar-refractivity contribution is 0.895. The lowest BCUT2D eigenvalue weighted by Gasteiger charge is -1.89. The predicted molar refractivity (Wildman–Crippen MR) is 53.7 cm³/mol. The Hall–Kier alpha value is -2.37. The van der Waals surface area contributed by atoms with E-state index in [0.717, 1.165) is 10.9 Å². The van der Waals surface area contributed by atoms with Crippen molar-refractivity contribution in [2.75, 3.05) is 0 Å². The molecule has 0 aliphatic rings. The molecule has 0 unspecified atom stereocenters. The zero-order valence-electron chi connectivity index (χ0n) is 7.78. The second-order valence-electron chi connectivity index (χ2n) is 2.65. The molecule has 3 aromatic rings. The van der Waals surface area contributed by atoms with Gasteiger partial charge in [0, 0.05) is 5.39 Å². The van der Waals surface area contributed by atoms with E-state index in [9.17, 15) is 0 Å². The van der Waals surface area contributed by atoms with Crippen LogP contribution >= 0.6 is 0 Å². The molecule has 0 saturated carbocycles. The van der Waals surface area contributed by atoms with E-state index in [1.807, 2.05) is 24.3 Å². The third-order valence-electron chi connectivity index (χ3n) is 1.67. The minimum absolute atomic E-state index is 0.887. The highest BCUT2D eigenvalue weighted by Gasteiger charge is 1.88. The summed E-state index contributed by atoms with van der Waals surface area (Å²) in [5.74, 6) is 0. The summed E-state index contributed by atoms with van der Waals surface area (Å²) in [5.41, 5.74) is 0.887. The van der Waals surface area contributed by atoms with E-state index < -0.39 is 0 Å². The molecule has 0 amide bonds. The van der Waals surface area contributed by atoms with Gasteiger partial charge >= 0.3 is 0 Å².